The number of aryl methyl sites for hydroxylation is 1. The Labute approximate surface area is 234 Å². The third kappa shape index (κ3) is 5.07. The summed E-state index contributed by atoms with van der Waals surface area (Å²) < 4.78 is 7.63. The Bertz CT molecular complexity index is 1630. The minimum atomic E-state index is -1.15. The average Bonchev–Trinajstić information content (AvgIpc) is 3.35. The third-order valence-electron chi connectivity index (χ3n) is 7.75. The van der Waals surface area contributed by atoms with Gasteiger partial charge < -0.3 is 18.8 Å². The van der Waals surface area contributed by atoms with Gasteiger partial charge in [0.15, 0.2) is 0 Å². The fraction of sp³-hybridized carbons (Fsp3) is 0.344. The first kappa shape index (κ1) is 27.4. The van der Waals surface area contributed by atoms with E-state index in [1.165, 1.54) is 0 Å². The van der Waals surface area contributed by atoms with Gasteiger partial charge >= 0.3 is 0 Å². The van der Waals surface area contributed by atoms with Crippen molar-refractivity contribution in [3.05, 3.63) is 94.3 Å². The average molecular weight is 541 g/mol. The number of amides is 2. The monoisotopic (exact) mass is 540 g/mol. The van der Waals surface area contributed by atoms with Crippen LogP contribution in [0.4, 0.5) is 11.4 Å². The molecule has 5 rings (SSSR count). The standard InChI is InChI=1S/C32H36N4O4/c1-6-36-27-14-12-23(19-28(27)33(5)30(38)32(3,4)31(36)39)20-34(21-25-13-11-22(2)40-25)17-18-35-16-15-24-9-7-8-10-26(24)29(35)37/h7-16,19H,6,17-18,20-21H2,1-5H3. The van der Waals surface area contributed by atoms with E-state index in [-0.39, 0.29) is 17.4 Å². The number of hydrogen-bond donors (Lipinski definition) is 0. The summed E-state index contributed by atoms with van der Waals surface area (Å²) in [6.07, 6.45) is 1.85. The molecule has 8 nitrogen and oxygen atoms in total. The van der Waals surface area contributed by atoms with Crippen molar-refractivity contribution in [1.82, 2.24) is 9.47 Å². The molecule has 208 valence electrons. The third-order valence-corrected chi connectivity index (χ3v) is 7.75. The van der Waals surface area contributed by atoms with Gasteiger partial charge in [-0.1, -0.05) is 24.3 Å². The number of aromatic nitrogens is 1. The van der Waals surface area contributed by atoms with E-state index in [0.717, 1.165) is 28.2 Å². The maximum Gasteiger partial charge on any atom is 0.258 e. The number of pyridine rings is 1. The van der Waals surface area contributed by atoms with Crippen molar-refractivity contribution in [3.63, 3.8) is 0 Å². The largest absolute Gasteiger partial charge is 0.465 e. The molecular formula is C32H36N4O4. The van der Waals surface area contributed by atoms with Crippen LogP contribution >= 0.6 is 0 Å². The molecule has 2 aromatic carbocycles. The van der Waals surface area contributed by atoms with Crippen molar-refractivity contribution < 1.29 is 14.0 Å². The molecule has 0 N–H and O–H groups in total. The molecule has 0 saturated heterocycles. The fourth-order valence-corrected chi connectivity index (χ4v) is 5.46. The van der Waals surface area contributed by atoms with Gasteiger partial charge in [0.1, 0.15) is 16.9 Å². The Morgan fingerprint density at radius 1 is 0.900 bits per heavy atom. The van der Waals surface area contributed by atoms with Crippen molar-refractivity contribution in [2.45, 2.75) is 47.3 Å². The van der Waals surface area contributed by atoms with Crippen molar-refractivity contribution in [2.24, 2.45) is 5.41 Å². The number of rotatable bonds is 8. The molecule has 0 bridgehead atoms. The van der Waals surface area contributed by atoms with Crippen LogP contribution < -0.4 is 15.4 Å². The second-order valence-corrected chi connectivity index (χ2v) is 11.0. The molecule has 0 saturated carbocycles. The number of anilines is 2. The van der Waals surface area contributed by atoms with Crippen LogP contribution in [0.1, 0.15) is 37.9 Å². The Balaban J connectivity index is 1.44. The lowest BCUT2D eigenvalue weighted by Crippen LogP contribution is -2.47. The minimum absolute atomic E-state index is 0.0102. The van der Waals surface area contributed by atoms with Crippen LogP contribution in [0.25, 0.3) is 10.8 Å². The first-order valence-electron chi connectivity index (χ1n) is 13.7. The van der Waals surface area contributed by atoms with Crippen LogP contribution in [0, 0.1) is 12.3 Å². The molecule has 0 unspecified atom stereocenters. The van der Waals surface area contributed by atoms with E-state index >= 15 is 0 Å². The molecule has 4 aromatic rings. The first-order chi connectivity index (χ1) is 19.1. The van der Waals surface area contributed by atoms with E-state index in [1.807, 2.05) is 80.7 Å². The first-order valence-corrected chi connectivity index (χ1v) is 13.7. The molecule has 0 aliphatic carbocycles. The minimum Gasteiger partial charge on any atom is -0.465 e. The maximum atomic E-state index is 13.3. The highest BCUT2D eigenvalue weighted by atomic mass is 16.3. The second-order valence-electron chi connectivity index (χ2n) is 11.0. The number of furan rings is 1. The lowest BCUT2D eigenvalue weighted by atomic mass is 9.90. The van der Waals surface area contributed by atoms with Gasteiger partial charge in [0.2, 0.25) is 11.8 Å². The molecular weight excluding hydrogens is 504 g/mol. The molecule has 1 aliphatic heterocycles. The summed E-state index contributed by atoms with van der Waals surface area (Å²) in [5, 5.41) is 1.63. The van der Waals surface area contributed by atoms with Crippen molar-refractivity contribution >= 4 is 34.0 Å². The van der Waals surface area contributed by atoms with Crippen LogP contribution in [-0.4, -0.2) is 41.4 Å². The molecule has 0 radical (unpaired) electrons. The highest BCUT2D eigenvalue weighted by Crippen LogP contribution is 2.39. The SMILES string of the molecule is CCN1C(=O)C(C)(C)C(=O)N(C)c2cc(CN(CCn3ccc4ccccc4c3=O)Cc3ccc(C)o3)ccc21. The quantitative estimate of drug-likeness (QED) is 0.295. The lowest BCUT2D eigenvalue weighted by molar-refractivity contribution is -0.137. The summed E-state index contributed by atoms with van der Waals surface area (Å²) in [5.41, 5.74) is 1.27. The number of fused-ring (bicyclic) bond motifs is 2. The van der Waals surface area contributed by atoms with Crippen LogP contribution in [0.3, 0.4) is 0 Å². The summed E-state index contributed by atoms with van der Waals surface area (Å²) >= 11 is 0. The van der Waals surface area contributed by atoms with Crippen molar-refractivity contribution in [1.29, 1.82) is 0 Å². The van der Waals surface area contributed by atoms with Crippen LogP contribution in [0.2, 0.25) is 0 Å². The maximum absolute atomic E-state index is 13.3. The van der Waals surface area contributed by atoms with Crippen molar-refractivity contribution in [3.8, 4) is 0 Å². The molecule has 40 heavy (non-hydrogen) atoms. The Morgan fingerprint density at radius 2 is 1.68 bits per heavy atom. The summed E-state index contributed by atoms with van der Waals surface area (Å²) in [4.78, 5) is 45.2. The predicted molar refractivity (Wildman–Crippen MR) is 157 cm³/mol. The number of carbonyl (C=O) groups is 2. The van der Waals surface area contributed by atoms with Gasteiger partial charge in [-0.3, -0.25) is 19.3 Å². The fourth-order valence-electron chi connectivity index (χ4n) is 5.46. The Hall–Kier alpha value is -4.17. The van der Waals surface area contributed by atoms with Gasteiger partial charge in [0, 0.05) is 44.8 Å². The molecule has 0 fully saturated rings. The van der Waals surface area contributed by atoms with E-state index in [1.54, 1.807) is 35.3 Å². The van der Waals surface area contributed by atoms with Gasteiger partial charge in [-0.05, 0) is 75.0 Å². The zero-order chi connectivity index (χ0) is 28.6. The van der Waals surface area contributed by atoms with Gasteiger partial charge in [-0.15, -0.1) is 0 Å². The lowest BCUT2D eigenvalue weighted by Gasteiger charge is -2.27. The van der Waals surface area contributed by atoms with E-state index in [9.17, 15) is 14.4 Å². The van der Waals surface area contributed by atoms with Crippen LogP contribution in [0.15, 0.2) is 76.1 Å². The molecule has 1 aliphatic rings. The van der Waals surface area contributed by atoms with Gasteiger partial charge in [-0.2, -0.15) is 0 Å². The highest BCUT2D eigenvalue weighted by molar-refractivity contribution is 6.19. The smallest absolute Gasteiger partial charge is 0.258 e. The van der Waals surface area contributed by atoms with E-state index in [0.29, 0.717) is 43.8 Å². The van der Waals surface area contributed by atoms with Crippen molar-refractivity contribution in [2.75, 3.05) is 29.9 Å². The van der Waals surface area contributed by atoms with E-state index in [4.69, 9.17) is 4.42 Å². The molecule has 2 aromatic heterocycles. The summed E-state index contributed by atoms with van der Waals surface area (Å²) in [6.45, 7) is 9.94. The molecule has 0 spiro atoms. The number of nitrogens with zero attached hydrogens (tertiary/aromatic N) is 4. The zero-order valence-electron chi connectivity index (χ0n) is 23.8. The van der Waals surface area contributed by atoms with Gasteiger partial charge in [-0.25, -0.2) is 0 Å². The zero-order valence-corrected chi connectivity index (χ0v) is 23.8. The number of benzene rings is 2. The second kappa shape index (κ2) is 10.8. The van der Waals surface area contributed by atoms with Gasteiger partial charge in [0.05, 0.1) is 17.9 Å². The van der Waals surface area contributed by atoms with Crippen LogP contribution in [-0.2, 0) is 29.2 Å². The highest BCUT2D eigenvalue weighted by Gasteiger charge is 2.45. The Kier molecular flexibility index (Phi) is 7.38. The van der Waals surface area contributed by atoms with E-state index < -0.39 is 5.41 Å². The number of carbonyl (C=O) groups excluding carboxylic acids is 2. The van der Waals surface area contributed by atoms with Crippen LogP contribution in [0.5, 0.6) is 0 Å². The molecule has 8 heteroatoms. The van der Waals surface area contributed by atoms with E-state index in [2.05, 4.69) is 4.90 Å². The molecule has 0 atom stereocenters. The molecule has 3 heterocycles. The Morgan fingerprint density at radius 3 is 2.40 bits per heavy atom. The normalized spacial score (nSPS) is 15.2. The summed E-state index contributed by atoms with van der Waals surface area (Å²) in [7, 11) is 1.73. The van der Waals surface area contributed by atoms with Gasteiger partial charge in [0.25, 0.3) is 5.56 Å². The summed E-state index contributed by atoms with van der Waals surface area (Å²) in [5.74, 6) is 1.26. The summed E-state index contributed by atoms with van der Waals surface area (Å²) in [6, 6.07) is 19.4. The predicted octanol–water partition coefficient (Wildman–Crippen LogP) is 4.96. The molecule has 2 amide bonds. The number of hydrogen-bond acceptors (Lipinski definition) is 5. The topological polar surface area (TPSA) is 79.0 Å².